The van der Waals surface area contributed by atoms with Crippen molar-refractivity contribution in [2.24, 2.45) is 0 Å². The molecule has 8 heteroatoms. The van der Waals surface area contributed by atoms with Crippen LogP contribution in [0.4, 0.5) is 15.8 Å². The predicted molar refractivity (Wildman–Crippen MR) is 106 cm³/mol. The zero-order valence-corrected chi connectivity index (χ0v) is 17.7. The van der Waals surface area contributed by atoms with Crippen molar-refractivity contribution in [3.8, 4) is 0 Å². The highest BCUT2D eigenvalue weighted by Gasteiger charge is 2.39. The highest BCUT2D eigenvalue weighted by atomic mass is 28.4. The lowest BCUT2D eigenvalue weighted by Crippen LogP contribution is -2.45. The van der Waals surface area contributed by atoms with Crippen molar-refractivity contribution in [3.05, 3.63) is 33.6 Å². The van der Waals surface area contributed by atoms with Crippen LogP contribution in [0, 0.1) is 15.9 Å². The number of carbonyl (C=O) groups is 1. The minimum Gasteiger partial charge on any atom is -0.414 e. The standard InChI is InChI=1S/C19H29FN2O4Si/c1-19(2,3)27(4,5)26-15-8-6-14(7-9-15)21-17-11-16(20)13(12-23)10-18(17)22(24)25/h10-12,14-15,21H,6-9H2,1-5H3. The molecule has 2 rings (SSSR count). The van der Waals surface area contributed by atoms with Gasteiger partial charge in [0.05, 0.1) is 10.5 Å². The van der Waals surface area contributed by atoms with Crippen LogP contribution < -0.4 is 5.32 Å². The van der Waals surface area contributed by atoms with Gasteiger partial charge in [0.25, 0.3) is 5.69 Å². The summed E-state index contributed by atoms with van der Waals surface area (Å²) in [5.41, 5.74) is -0.464. The van der Waals surface area contributed by atoms with E-state index in [0.717, 1.165) is 37.8 Å². The van der Waals surface area contributed by atoms with Gasteiger partial charge >= 0.3 is 0 Å². The summed E-state index contributed by atoms with van der Waals surface area (Å²) in [5.74, 6) is -0.756. The molecule has 1 aromatic rings. The number of hydrogen-bond acceptors (Lipinski definition) is 5. The van der Waals surface area contributed by atoms with E-state index in [1.165, 1.54) is 0 Å². The van der Waals surface area contributed by atoms with Crippen LogP contribution >= 0.6 is 0 Å². The largest absolute Gasteiger partial charge is 0.414 e. The van der Waals surface area contributed by atoms with E-state index in [-0.39, 0.29) is 40.4 Å². The predicted octanol–water partition coefficient (Wildman–Crippen LogP) is 5.29. The summed E-state index contributed by atoms with van der Waals surface area (Å²) in [6.45, 7) is 11.1. The average Bonchev–Trinajstić information content (AvgIpc) is 2.55. The number of rotatable bonds is 6. The quantitative estimate of drug-likeness (QED) is 0.306. The molecule has 1 aromatic carbocycles. The van der Waals surface area contributed by atoms with Gasteiger partial charge < -0.3 is 9.74 Å². The Balaban J connectivity index is 2.03. The Bertz CT molecular complexity index is 710. The van der Waals surface area contributed by atoms with Crippen molar-refractivity contribution in [2.75, 3.05) is 5.32 Å². The zero-order valence-electron chi connectivity index (χ0n) is 16.7. The number of nitrogens with one attached hydrogen (secondary N) is 1. The highest BCUT2D eigenvalue weighted by Crippen LogP contribution is 2.39. The number of aldehydes is 1. The van der Waals surface area contributed by atoms with Crippen LogP contribution in [0.25, 0.3) is 0 Å². The van der Waals surface area contributed by atoms with Gasteiger partial charge in [0.15, 0.2) is 14.6 Å². The lowest BCUT2D eigenvalue weighted by molar-refractivity contribution is -0.384. The van der Waals surface area contributed by atoms with E-state index < -0.39 is 19.1 Å². The summed E-state index contributed by atoms with van der Waals surface area (Å²) in [5, 5.41) is 14.5. The maximum atomic E-state index is 13.9. The molecule has 0 spiro atoms. The highest BCUT2D eigenvalue weighted by molar-refractivity contribution is 6.74. The molecule has 1 aliphatic rings. The molecule has 0 amide bonds. The molecule has 0 atom stereocenters. The van der Waals surface area contributed by atoms with Gasteiger partial charge in [0.2, 0.25) is 0 Å². The van der Waals surface area contributed by atoms with Crippen molar-refractivity contribution in [2.45, 2.75) is 76.7 Å². The molecular weight excluding hydrogens is 367 g/mol. The van der Waals surface area contributed by atoms with E-state index in [9.17, 15) is 19.3 Å². The molecular formula is C19H29FN2O4Si. The Hall–Kier alpha value is -1.80. The first kappa shape index (κ1) is 21.5. The van der Waals surface area contributed by atoms with Crippen LogP contribution in [0.15, 0.2) is 12.1 Å². The first-order chi connectivity index (χ1) is 12.4. The third-order valence-electron chi connectivity index (χ3n) is 5.74. The Morgan fingerprint density at radius 1 is 1.26 bits per heavy atom. The van der Waals surface area contributed by atoms with Gasteiger partial charge in [-0.2, -0.15) is 0 Å². The first-order valence-corrected chi connectivity index (χ1v) is 12.2. The molecule has 1 N–H and O–H groups in total. The van der Waals surface area contributed by atoms with Crippen LogP contribution in [0.3, 0.4) is 0 Å². The van der Waals surface area contributed by atoms with Gasteiger partial charge in [-0.1, -0.05) is 20.8 Å². The Kier molecular flexibility index (Phi) is 6.42. The third kappa shape index (κ3) is 5.13. The lowest BCUT2D eigenvalue weighted by Gasteiger charge is -2.41. The van der Waals surface area contributed by atoms with E-state index in [1.54, 1.807) is 0 Å². The molecule has 1 saturated carbocycles. The van der Waals surface area contributed by atoms with E-state index >= 15 is 0 Å². The number of nitro benzene ring substituents is 1. The summed E-state index contributed by atoms with van der Waals surface area (Å²) in [4.78, 5) is 21.5. The van der Waals surface area contributed by atoms with Gasteiger partial charge in [-0.15, -0.1) is 0 Å². The number of nitro groups is 1. The van der Waals surface area contributed by atoms with Gasteiger partial charge in [-0.25, -0.2) is 4.39 Å². The summed E-state index contributed by atoms with van der Waals surface area (Å²) in [6.07, 6.45) is 3.82. The second-order valence-corrected chi connectivity index (χ2v) is 13.5. The third-order valence-corrected chi connectivity index (χ3v) is 10.3. The molecule has 0 saturated heterocycles. The van der Waals surface area contributed by atoms with Crippen molar-refractivity contribution in [3.63, 3.8) is 0 Å². The topological polar surface area (TPSA) is 81.5 Å². The smallest absolute Gasteiger partial charge is 0.293 e. The summed E-state index contributed by atoms with van der Waals surface area (Å²) in [7, 11) is -1.82. The SMILES string of the molecule is CC(C)(C)[Si](C)(C)OC1CCC(Nc2cc(F)c(C=O)cc2[N+](=O)[O-])CC1. The van der Waals surface area contributed by atoms with Crippen LogP contribution in [-0.4, -0.2) is 31.7 Å². The fraction of sp³-hybridized carbons (Fsp3) is 0.632. The van der Waals surface area contributed by atoms with Crippen LogP contribution in [0.5, 0.6) is 0 Å². The van der Waals surface area contributed by atoms with Crippen molar-refractivity contribution in [1.29, 1.82) is 0 Å². The van der Waals surface area contributed by atoms with E-state index in [1.807, 2.05) is 0 Å². The first-order valence-electron chi connectivity index (χ1n) is 9.32. The monoisotopic (exact) mass is 396 g/mol. The van der Waals surface area contributed by atoms with Gasteiger partial charge in [0.1, 0.15) is 11.5 Å². The molecule has 150 valence electrons. The molecule has 0 radical (unpaired) electrons. The minimum absolute atomic E-state index is 0.0180. The molecule has 0 aromatic heterocycles. The summed E-state index contributed by atoms with van der Waals surface area (Å²) in [6, 6.07) is 2.04. The van der Waals surface area contributed by atoms with E-state index in [4.69, 9.17) is 4.43 Å². The molecule has 27 heavy (non-hydrogen) atoms. The number of hydrogen-bond donors (Lipinski definition) is 1. The second kappa shape index (κ2) is 8.06. The van der Waals surface area contributed by atoms with E-state index in [2.05, 4.69) is 39.2 Å². The normalized spacial score (nSPS) is 21.0. The van der Waals surface area contributed by atoms with Crippen molar-refractivity contribution in [1.82, 2.24) is 0 Å². The fourth-order valence-electron chi connectivity index (χ4n) is 3.07. The van der Waals surface area contributed by atoms with Gasteiger partial charge in [-0.05, 0) is 43.8 Å². The van der Waals surface area contributed by atoms with Gasteiger partial charge in [0, 0.05) is 24.3 Å². The molecule has 0 bridgehead atoms. The number of anilines is 1. The maximum Gasteiger partial charge on any atom is 0.293 e. The fourth-order valence-corrected chi connectivity index (χ4v) is 4.50. The summed E-state index contributed by atoms with van der Waals surface area (Å²) >= 11 is 0. The van der Waals surface area contributed by atoms with Gasteiger partial charge in [-0.3, -0.25) is 14.9 Å². The number of carbonyl (C=O) groups excluding carboxylic acids is 1. The molecule has 1 aliphatic carbocycles. The molecule has 0 heterocycles. The Morgan fingerprint density at radius 2 is 1.85 bits per heavy atom. The summed E-state index contributed by atoms with van der Waals surface area (Å²) < 4.78 is 20.4. The van der Waals surface area contributed by atoms with Crippen molar-refractivity contribution >= 4 is 26.0 Å². The molecule has 0 unspecified atom stereocenters. The number of benzene rings is 1. The average molecular weight is 397 g/mol. The second-order valence-electron chi connectivity index (χ2n) is 8.76. The minimum atomic E-state index is -1.82. The van der Waals surface area contributed by atoms with Crippen molar-refractivity contribution < 1.29 is 18.5 Å². The van der Waals surface area contributed by atoms with Crippen LogP contribution in [0.1, 0.15) is 56.8 Å². The molecule has 6 nitrogen and oxygen atoms in total. The number of nitrogens with zero attached hydrogens (tertiary/aromatic N) is 1. The Labute approximate surface area is 160 Å². The maximum absolute atomic E-state index is 13.9. The molecule has 1 fully saturated rings. The Morgan fingerprint density at radius 3 is 2.33 bits per heavy atom. The number of halogens is 1. The van der Waals surface area contributed by atoms with E-state index in [0.29, 0.717) is 0 Å². The van der Waals surface area contributed by atoms with Crippen LogP contribution in [0.2, 0.25) is 18.1 Å². The zero-order chi connectivity index (χ0) is 20.4. The molecule has 0 aliphatic heterocycles. The van der Waals surface area contributed by atoms with Crippen LogP contribution in [-0.2, 0) is 4.43 Å². The lowest BCUT2D eigenvalue weighted by atomic mass is 9.93.